The van der Waals surface area contributed by atoms with Gasteiger partial charge in [0.2, 0.25) is 0 Å². The van der Waals surface area contributed by atoms with E-state index in [-0.39, 0.29) is 17.7 Å². The zero-order chi connectivity index (χ0) is 14.0. The smallest absolute Gasteiger partial charge is 0.178 e. The summed E-state index contributed by atoms with van der Waals surface area (Å²) in [6, 6.07) is 0.948. The van der Waals surface area contributed by atoms with Crippen LogP contribution in [0.1, 0.15) is 33.1 Å². The first kappa shape index (κ1) is 14.0. The van der Waals surface area contributed by atoms with Gasteiger partial charge in [0.15, 0.2) is 23.3 Å². The van der Waals surface area contributed by atoms with Crippen molar-refractivity contribution in [2.24, 2.45) is 17.7 Å². The molecule has 1 aromatic rings. The molecule has 1 heterocycles. The van der Waals surface area contributed by atoms with Crippen molar-refractivity contribution in [3.8, 4) is 0 Å². The molecule has 0 aromatic carbocycles. The predicted molar refractivity (Wildman–Crippen MR) is 71.6 cm³/mol. The molecule has 1 aliphatic rings. The summed E-state index contributed by atoms with van der Waals surface area (Å²) in [5.74, 6) is 4.57. The normalized spacial score (nSPS) is 27.1. The molecule has 0 spiro atoms. The Morgan fingerprint density at radius 3 is 2.58 bits per heavy atom. The minimum atomic E-state index is -0.796. The first-order valence-electron chi connectivity index (χ1n) is 6.62. The van der Waals surface area contributed by atoms with E-state index in [0.29, 0.717) is 11.8 Å². The molecule has 0 saturated heterocycles. The van der Waals surface area contributed by atoms with Crippen molar-refractivity contribution in [3.63, 3.8) is 0 Å². The number of halogens is 2. The predicted octanol–water partition coefficient (Wildman–Crippen LogP) is 2.88. The van der Waals surface area contributed by atoms with Crippen LogP contribution in [0.15, 0.2) is 6.07 Å². The first-order valence-corrected chi connectivity index (χ1v) is 6.62. The molecule has 3 atom stereocenters. The van der Waals surface area contributed by atoms with Crippen LogP contribution in [-0.4, -0.2) is 11.0 Å². The van der Waals surface area contributed by atoms with Crippen LogP contribution in [0.3, 0.4) is 0 Å². The average Bonchev–Trinajstić information content (AvgIpc) is 2.38. The van der Waals surface area contributed by atoms with Crippen molar-refractivity contribution in [3.05, 3.63) is 17.7 Å². The van der Waals surface area contributed by atoms with Gasteiger partial charge < -0.3 is 10.7 Å². The Kier molecular flexibility index (Phi) is 4.19. The number of nitrogens with two attached hydrogens (primary N) is 1. The van der Waals surface area contributed by atoms with Crippen molar-refractivity contribution in [1.29, 1.82) is 0 Å². The van der Waals surface area contributed by atoms with Crippen LogP contribution >= 0.6 is 0 Å². The van der Waals surface area contributed by atoms with Gasteiger partial charge in [-0.3, -0.25) is 0 Å². The lowest BCUT2D eigenvalue weighted by Crippen LogP contribution is -2.35. The van der Waals surface area contributed by atoms with Crippen molar-refractivity contribution in [2.75, 3.05) is 10.7 Å². The van der Waals surface area contributed by atoms with Gasteiger partial charge in [0.1, 0.15) is 0 Å². The van der Waals surface area contributed by atoms with Gasteiger partial charge >= 0.3 is 0 Å². The van der Waals surface area contributed by atoms with Gasteiger partial charge in [-0.1, -0.05) is 26.7 Å². The molecule has 0 radical (unpaired) electrons. The van der Waals surface area contributed by atoms with E-state index in [0.717, 1.165) is 18.9 Å². The second-order valence-corrected chi connectivity index (χ2v) is 5.31. The molecule has 1 saturated carbocycles. The van der Waals surface area contributed by atoms with E-state index in [1.54, 1.807) is 0 Å². The fourth-order valence-corrected chi connectivity index (χ4v) is 2.63. The van der Waals surface area contributed by atoms with Crippen LogP contribution in [0.4, 0.5) is 20.4 Å². The molecule has 1 aromatic heterocycles. The maximum Gasteiger partial charge on any atom is 0.178 e. The van der Waals surface area contributed by atoms with E-state index in [1.807, 2.05) is 0 Å². The molecule has 1 aliphatic carbocycles. The van der Waals surface area contributed by atoms with E-state index >= 15 is 0 Å². The Labute approximate surface area is 111 Å². The number of anilines is 2. The lowest BCUT2D eigenvalue weighted by molar-refractivity contribution is 0.252. The Morgan fingerprint density at radius 1 is 1.21 bits per heavy atom. The quantitative estimate of drug-likeness (QED) is 0.584. The van der Waals surface area contributed by atoms with Crippen LogP contribution in [0.5, 0.6) is 0 Å². The van der Waals surface area contributed by atoms with Gasteiger partial charge in [0.05, 0.1) is 0 Å². The molecule has 4 nitrogen and oxygen atoms in total. The van der Waals surface area contributed by atoms with Gasteiger partial charge in [-0.15, -0.1) is 0 Å². The summed E-state index contributed by atoms with van der Waals surface area (Å²) in [6.45, 7) is 4.34. The number of hydrogen-bond donors (Lipinski definition) is 3. The lowest BCUT2D eigenvalue weighted by Gasteiger charge is -2.35. The molecule has 1 fully saturated rings. The molecule has 106 valence electrons. The fourth-order valence-electron chi connectivity index (χ4n) is 2.63. The van der Waals surface area contributed by atoms with Crippen molar-refractivity contribution < 1.29 is 8.78 Å². The standard InChI is InChI=1S/C13H20F2N4/c1-7-4-3-5-11(8(7)2)17-12-9(14)6-10(15)13(18-12)19-16/h6-8,11H,3-5,16H2,1-2H3,(H2,17,18,19). The molecule has 4 N–H and O–H groups in total. The summed E-state index contributed by atoms with van der Waals surface area (Å²) < 4.78 is 27.0. The van der Waals surface area contributed by atoms with Crippen LogP contribution in [0, 0.1) is 23.5 Å². The van der Waals surface area contributed by atoms with E-state index < -0.39 is 11.6 Å². The van der Waals surface area contributed by atoms with Gasteiger partial charge in [-0.05, 0) is 18.3 Å². The average molecular weight is 270 g/mol. The van der Waals surface area contributed by atoms with Gasteiger partial charge in [0.25, 0.3) is 0 Å². The number of rotatable bonds is 3. The summed E-state index contributed by atoms with van der Waals surface area (Å²) in [5, 5.41) is 3.08. The summed E-state index contributed by atoms with van der Waals surface area (Å²) in [7, 11) is 0. The second-order valence-electron chi connectivity index (χ2n) is 5.31. The zero-order valence-corrected chi connectivity index (χ0v) is 11.2. The molecule has 0 amide bonds. The molecule has 0 bridgehead atoms. The maximum atomic E-state index is 13.7. The Bertz CT molecular complexity index is 453. The highest BCUT2D eigenvalue weighted by Gasteiger charge is 2.28. The van der Waals surface area contributed by atoms with E-state index in [9.17, 15) is 8.78 Å². The monoisotopic (exact) mass is 270 g/mol. The van der Waals surface area contributed by atoms with E-state index in [1.165, 1.54) is 6.42 Å². The van der Waals surface area contributed by atoms with Gasteiger partial charge in [-0.2, -0.15) is 0 Å². The fraction of sp³-hybridized carbons (Fsp3) is 0.615. The highest BCUT2D eigenvalue weighted by molar-refractivity contribution is 5.47. The van der Waals surface area contributed by atoms with Crippen molar-refractivity contribution in [1.82, 2.24) is 4.98 Å². The largest absolute Gasteiger partial charge is 0.365 e. The summed E-state index contributed by atoms with van der Waals surface area (Å²) in [4.78, 5) is 3.85. The Hall–Kier alpha value is -1.43. The minimum absolute atomic E-state index is 0.0558. The maximum absolute atomic E-state index is 13.7. The number of hydrogen-bond acceptors (Lipinski definition) is 4. The topological polar surface area (TPSA) is 63.0 Å². The summed E-state index contributed by atoms with van der Waals surface area (Å²) in [6.07, 6.45) is 3.26. The highest BCUT2D eigenvalue weighted by atomic mass is 19.1. The van der Waals surface area contributed by atoms with E-state index in [2.05, 4.69) is 29.6 Å². The number of hydrazine groups is 1. The van der Waals surface area contributed by atoms with Crippen molar-refractivity contribution >= 4 is 11.6 Å². The first-order chi connectivity index (χ1) is 9.02. The van der Waals surface area contributed by atoms with Gasteiger partial charge in [-0.25, -0.2) is 19.6 Å². The molecular weight excluding hydrogens is 250 g/mol. The highest BCUT2D eigenvalue weighted by Crippen LogP contribution is 2.32. The third-order valence-corrected chi connectivity index (χ3v) is 4.10. The third kappa shape index (κ3) is 2.94. The second kappa shape index (κ2) is 5.69. The number of pyridine rings is 1. The zero-order valence-electron chi connectivity index (χ0n) is 11.2. The summed E-state index contributed by atoms with van der Waals surface area (Å²) >= 11 is 0. The van der Waals surface area contributed by atoms with Gasteiger partial charge in [0, 0.05) is 12.1 Å². The van der Waals surface area contributed by atoms with Crippen LogP contribution in [0.25, 0.3) is 0 Å². The molecule has 2 rings (SSSR count). The molecule has 19 heavy (non-hydrogen) atoms. The van der Waals surface area contributed by atoms with Crippen molar-refractivity contribution in [2.45, 2.75) is 39.2 Å². The molecule has 3 unspecified atom stereocenters. The third-order valence-electron chi connectivity index (χ3n) is 4.10. The Morgan fingerprint density at radius 2 is 1.89 bits per heavy atom. The summed E-state index contributed by atoms with van der Waals surface area (Å²) in [5.41, 5.74) is 2.13. The molecule has 6 heteroatoms. The number of aromatic nitrogens is 1. The number of nitrogen functional groups attached to an aromatic ring is 1. The molecule has 0 aliphatic heterocycles. The van der Waals surface area contributed by atoms with Crippen LogP contribution in [0.2, 0.25) is 0 Å². The SMILES string of the molecule is CC1CCCC(Nc2nc(NN)c(F)cc2F)C1C. The minimum Gasteiger partial charge on any atom is -0.365 e. The number of nitrogens with zero attached hydrogens (tertiary/aromatic N) is 1. The van der Waals surface area contributed by atoms with Crippen LogP contribution < -0.4 is 16.6 Å². The molecular formula is C13H20F2N4. The van der Waals surface area contributed by atoms with Crippen LogP contribution in [-0.2, 0) is 0 Å². The lowest BCUT2D eigenvalue weighted by atomic mass is 9.78. The van der Waals surface area contributed by atoms with E-state index in [4.69, 9.17) is 5.84 Å². The number of nitrogens with one attached hydrogen (secondary N) is 2. The Balaban J connectivity index is 2.18.